The third kappa shape index (κ3) is 5.35. The minimum atomic E-state index is 0.0117. The van der Waals surface area contributed by atoms with Gasteiger partial charge in [0.2, 0.25) is 5.91 Å². The van der Waals surface area contributed by atoms with E-state index in [4.69, 9.17) is 9.47 Å². The van der Waals surface area contributed by atoms with E-state index in [-0.39, 0.29) is 18.3 Å². The van der Waals surface area contributed by atoms with Gasteiger partial charge in [-0.3, -0.25) is 14.7 Å². The number of fused-ring (bicyclic) bond motifs is 2. The summed E-state index contributed by atoms with van der Waals surface area (Å²) < 4.78 is 11.2. The minimum absolute atomic E-state index is 0.0117. The van der Waals surface area contributed by atoms with E-state index in [9.17, 15) is 9.90 Å². The summed E-state index contributed by atoms with van der Waals surface area (Å²) in [6, 6.07) is 3.67. The lowest BCUT2D eigenvalue weighted by molar-refractivity contribution is -0.131. The lowest BCUT2D eigenvalue weighted by atomic mass is 10.1. The van der Waals surface area contributed by atoms with Crippen molar-refractivity contribution in [2.24, 2.45) is 9.98 Å². The molecule has 1 amide bonds. The van der Waals surface area contributed by atoms with E-state index in [0.717, 1.165) is 24.0 Å². The fraction of sp³-hybridized carbons (Fsp3) is 0.458. The molecule has 0 spiro atoms. The predicted octanol–water partition coefficient (Wildman–Crippen LogP) is 1.89. The number of nitrogens with one attached hydrogen (secondary N) is 3. The van der Waals surface area contributed by atoms with Crippen LogP contribution in [0.5, 0.6) is 17.4 Å². The SMILES string of the molecule is COc1cc2cc(c1OC)CN(C)CC(=O)N(C)CCCCNC1=NCNc3[nH]c(O)c(c31)C=N2. The first-order chi connectivity index (χ1) is 16.9. The zero-order chi connectivity index (χ0) is 24.9. The minimum Gasteiger partial charge on any atom is -0.494 e. The molecule has 1 aromatic heterocycles. The van der Waals surface area contributed by atoms with Crippen molar-refractivity contribution in [2.45, 2.75) is 19.4 Å². The topological polar surface area (TPSA) is 127 Å². The number of aromatic nitrogens is 1. The lowest BCUT2D eigenvalue weighted by Crippen LogP contribution is -2.37. The Hall–Kier alpha value is -3.73. The number of methoxy groups -OCH3 is 2. The molecular weight excluding hydrogens is 450 g/mol. The smallest absolute Gasteiger partial charge is 0.236 e. The number of hydrogen-bond acceptors (Lipinski definition) is 9. The molecule has 0 radical (unpaired) electrons. The largest absolute Gasteiger partial charge is 0.494 e. The quantitative estimate of drug-likeness (QED) is 0.514. The zero-order valence-electron chi connectivity index (χ0n) is 20.6. The molecule has 188 valence electrons. The first-order valence-corrected chi connectivity index (χ1v) is 11.6. The third-order valence-electron chi connectivity index (χ3n) is 6.11. The Morgan fingerprint density at radius 1 is 1.09 bits per heavy atom. The van der Waals surface area contributed by atoms with Crippen molar-refractivity contribution in [3.63, 3.8) is 0 Å². The number of amides is 1. The summed E-state index contributed by atoms with van der Waals surface area (Å²) in [5, 5.41) is 17.1. The van der Waals surface area contributed by atoms with Crippen LogP contribution < -0.4 is 20.1 Å². The highest BCUT2D eigenvalue weighted by molar-refractivity contribution is 6.11. The zero-order valence-corrected chi connectivity index (χ0v) is 20.6. The third-order valence-corrected chi connectivity index (χ3v) is 6.11. The number of anilines is 1. The fourth-order valence-corrected chi connectivity index (χ4v) is 4.29. The van der Waals surface area contributed by atoms with Gasteiger partial charge in [0, 0.05) is 44.5 Å². The monoisotopic (exact) mass is 483 g/mol. The van der Waals surface area contributed by atoms with Crippen LogP contribution in [0.2, 0.25) is 0 Å². The number of likely N-dealkylation sites (N-methyl/N-ethyl adjacent to an activating group) is 2. The Labute approximate surface area is 204 Å². The van der Waals surface area contributed by atoms with Crippen LogP contribution in [0, 0.1) is 0 Å². The fourth-order valence-electron chi connectivity index (χ4n) is 4.29. The van der Waals surface area contributed by atoms with E-state index in [1.165, 1.54) is 0 Å². The number of H-pyrrole nitrogens is 1. The number of ether oxygens (including phenoxy) is 2. The van der Waals surface area contributed by atoms with Crippen LogP contribution in [-0.4, -0.2) is 92.5 Å². The summed E-state index contributed by atoms with van der Waals surface area (Å²) >= 11 is 0. The molecule has 2 aliphatic heterocycles. The van der Waals surface area contributed by atoms with Crippen LogP contribution >= 0.6 is 0 Å². The first-order valence-electron chi connectivity index (χ1n) is 11.6. The van der Waals surface area contributed by atoms with Crippen molar-refractivity contribution >= 4 is 29.5 Å². The van der Waals surface area contributed by atoms with Gasteiger partial charge in [-0.1, -0.05) is 0 Å². The number of carbonyl (C=O) groups is 1. The van der Waals surface area contributed by atoms with Gasteiger partial charge in [-0.25, -0.2) is 4.99 Å². The van der Waals surface area contributed by atoms with Crippen molar-refractivity contribution in [3.8, 4) is 17.4 Å². The maximum Gasteiger partial charge on any atom is 0.236 e. The molecule has 0 atom stereocenters. The molecule has 0 saturated carbocycles. The van der Waals surface area contributed by atoms with Crippen molar-refractivity contribution in [3.05, 3.63) is 28.8 Å². The summed E-state index contributed by atoms with van der Waals surface area (Å²) in [5.74, 6) is 2.58. The van der Waals surface area contributed by atoms with Gasteiger partial charge in [-0.2, -0.15) is 0 Å². The molecule has 2 aliphatic rings. The van der Waals surface area contributed by atoms with Gasteiger partial charge >= 0.3 is 0 Å². The Kier molecular flexibility index (Phi) is 7.45. The van der Waals surface area contributed by atoms with E-state index >= 15 is 0 Å². The lowest BCUT2D eigenvalue weighted by Gasteiger charge is -2.23. The molecule has 4 N–H and O–H groups in total. The van der Waals surface area contributed by atoms with Crippen LogP contribution in [0.4, 0.5) is 11.5 Å². The summed E-state index contributed by atoms with van der Waals surface area (Å²) in [7, 11) is 6.89. The number of amidine groups is 1. The van der Waals surface area contributed by atoms with E-state index < -0.39 is 0 Å². The van der Waals surface area contributed by atoms with Crippen LogP contribution in [0.3, 0.4) is 0 Å². The van der Waals surface area contributed by atoms with Crippen molar-refractivity contribution in [1.29, 1.82) is 0 Å². The standard InChI is InChI=1S/C24H33N7O4/c1-30-12-15-9-16(10-18(34-3)21(15)35-4)26-11-17-20-22(27-14-28-23(20)29-24(17)33)25-7-5-6-8-31(2)19(32)13-30/h9-11,28-29,33H,5-8,12-14H2,1-4H3,(H,25,27). The molecule has 2 aromatic rings. The van der Waals surface area contributed by atoms with Gasteiger partial charge in [0.1, 0.15) is 18.3 Å². The molecule has 2 bridgehead atoms. The molecule has 3 heterocycles. The molecule has 0 aliphatic carbocycles. The Bertz CT molecular complexity index is 1140. The number of aromatic amines is 1. The maximum atomic E-state index is 12.7. The summed E-state index contributed by atoms with van der Waals surface area (Å²) in [6.07, 6.45) is 3.35. The van der Waals surface area contributed by atoms with Crippen molar-refractivity contribution in [2.75, 3.05) is 59.9 Å². The average Bonchev–Trinajstić information content (AvgIpc) is 3.16. The second kappa shape index (κ2) is 10.7. The number of aromatic hydroxyl groups is 1. The average molecular weight is 484 g/mol. The molecule has 0 saturated heterocycles. The molecule has 0 fully saturated rings. The van der Waals surface area contributed by atoms with Crippen LogP contribution in [0.25, 0.3) is 0 Å². The Morgan fingerprint density at radius 3 is 2.69 bits per heavy atom. The molecule has 11 heteroatoms. The molecule has 1 aromatic carbocycles. The van der Waals surface area contributed by atoms with Gasteiger partial charge in [0.05, 0.1) is 37.6 Å². The highest BCUT2D eigenvalue weighted by atomic mass is 16.5. The van der Waals surface area contributed by atoms with Gasteiger partial charge in [0.15, 0.2) is 17.4 Å². The highest BCUT2D eigenvalue weighted by Crippen LogP contribution is 2.37. The van der Waals surface area contributed by atoms with E-state index in [0.29, 0.717) is 60.7 Å². The summed E-state index contributed by atoms with van der Waals surface area (Å²) in [5.41, 5.74) is 2.74. The van der Waals surface area contributed by atoms with Crippen LogP contribution in [0.15, 0.2) is 22.1 Å². The molecule has 11 nitrogen and oxygen atoms in total. The number of carbonyl (C=O) groups excluding carboxylic acids is 1. The second-order valence-corrected chi connectivity index (χ2v) is 8.70. The van der Waals surface area contributed by atoms with Crippen LogP contribution in [-0.2, 0) is 11.3 Å². The highest BCUT2D eigenvalue weighted by Gasteiger charge is 2.24. The first kappa shape index (κ1) is 24.4. The summed E-state index contributed by atoms with van der Waals surface area (Å²) in [4.78, 5) is 28.6. The van der Waals surface area contributed by atoms with E-state index in [1.54, 1.807) is 31.4 Å². The van der Waals surface area contributed by atoms with Gasteiger partial charge in [-0.05, 0) is 26.0 Å². The number of nitrogens with zero attached hydrogens (tertiary/aromatic N) is 4. The Morgan fingerprint density at radius 2 is 1.91 bits per heavy atom. The number of benzene rings is 1. The number of hydrogen-bond donors (Lipinski definition) is 4. The van der Waals surface area contributed by atoms with Crippen LogP contribution in [0.1, 0.15) is 29.5 Å². The second-order valence-electron chi connectivity index (χ2n) is 8.70. The van der Waals surface area contributed by atoms with Crippen molar-refractivity contribution in [1.82, 2.24) is 20.1 Å². The maximum absolute atomic E-state index is 12.7. The number of rotatable bonds is 2. The molecular formula is C24H33N7O4. The van der Waals surface area contributed by atoms with E-state index in [2.05, 4.69) is 25.6 Å². The Balaban J connectivity index is 1.76. The summed E-state index contributed by atoms with van der Waals surface area (Å²) in [6.45, 7) is 2.51. The van der Waals surface area contributed by atoms with Gasteiger partial charge < -0.3 is 35.1 Å². The number of aliphatic imine (C=N–C) groups is 2. The molecule has 4 rings (SSSR count). The van der Waals surface area contributed by atoms with Gasteiger partial charge in [-0.15, -0.1) is 0 Å². The molecule has 35 heavy (non-hydrogen) atoms. The predicted molar refractivity (Wildman–Crippen MR) is 135 cm³/mol. The van der Waals surface area contributed by atoms with Crippen molar-refractivity contribution < 1.29 is 19.4 Å². The molecule has 0 unspecified atom stereocenters. The van der Waals surface area contributed by atoms with E-state index in [1.807, 2.05) is 25.1 Å². The van der Waals surface area contributed by atoms with Gasteiger partial charge in [0.25, 0.3) is 0 Å². The normalized spacial score (nSPS) is 17.4.